The number of rotatable bonds is 9. The average molecular weight is 429 g/mol. The number of likely N-dealkylation sites (tertiary alicyclic amines) is 1. The van der Waals surface area contributed by atoms with E-state index in [2.05, 4.69) is 39.6 Å². The molecule has 1 aliphatic heterocycles. The largest absolute Gasteiger partial charge is 0.369 e. The Bertz CT molecular complexity index is 867. The van der Waals surface area contributed by atoms with Gasteiger partial charge in [-0.2, -0.15) is 0 Å². The van der Waals surface area contributed by atoms with E-state index in [0.29, 0.717) is 18.0 Å². The van der Waals surface area contributed by atoms with Gasteiger partial charge in [0.05, 0.1) is 24.9 Å². The molecule has 30 heavy (non-hydrogen) atoms. The lowest BCUT2D eigenvalue weighted by Gasteiger charge is -2.15. The van der Waals surface area contributed by atoms with Crippen LogP contribution < -0.4 is 16.0 Å². The summed E-state index contributed by atoms with van der Waals surface area (Å²) in [6, 6.07) is 10.7. The summed E-state index contributed by atoms with van der Waals surface area (Å²) in [5, 5.41) is 3.74. The monoisotopic (exact) mass is 428 g/mol. The van der Waals surface area contributed by atoms with Crippen molar-refractivity contribution in [3.63, 3.8) is 0 Å². The third kappa shape index (κ3) is 6.53. The summed E-state index contributed by atoms with van der Waals surface area (Å²) in [4.78, 5) is 33.8. The molecule has 2 aromatic rings. The van der Waals surface area contributed by atoms with Crippen LogP contribution in [-0.2, 0) is 22.6 Å². The predicted octanol–water partition coefficient (Wildman–Crippen LogP) is 0.577. The number of nitrogens with one attached hydrogen (secondary N) is 2. The Morgan fingerprint density at radius 1 is 1.20 bits per heavy atom. The smallest absolute Gasteiger partial charge is 0.227 e. The fourth-order valence-electron chi connectivity index (χ4n) is 3.91. The zero-order chi connectivity index (χ0) is 21.5. The number of hydrogen-bond donors (Lipinski definition) is 3. The number of amides is 2. The van der Waals surface area contributed by atoms with E-state index in [-0.39, 0.29) is 17.7 Å². The van der Waals surface area contributed by atoms with Gasteiger partial charge in [0.1, 0.15) is 6.54 Å². The highest BCUT2D eigenvalue weighted by Crippen LogP contribution is 2.18. The Morgan fingerprint density at radius 3 is 2.57 bits per heavy atom. The Kier molecular flexibility index (Phi) is 7.81. The highest BCUT2D eigenvalue weighted by molar-refractivity contribution is 7.99. The summed E-state index contributed by atoms with van der Waals surface area (Å²) >= 11 is 1.23. The SMILES string of the molecule is Cc1nc(SCC(N)=O)nc(C)c1CCC(=O)N[C@H]1CC[NH+](Cc2ccccc2)C1. The third-order valence-corrected chi connectivity index (χ3v) is 6.26. The number of nitrogens with zero attached hydrogens (tertiary/aromatic N) is 2. The minimum absolute atomic E-state index is 0.0759. The molecule has 1 fully saturated rings. The van der Waals surface area contributed by atoms with E-state index in [0.717, 1.165) is 43.0 Å². The molecule has 1 aliphatic rings. The van der Waals surface area contributed by atoms with Crippen LogP contribution in [0.4, 0.5) is 0 Å². The lowest BCUT2D eigenvalue weighted by molar-refractivity contribution is -0.901. The van der Waals surface area contributed by atoms with Crippen molar-refractivity contribution in [2.45, 2.75) is 50.9 Å². The van der Waals surface area contributed by atoms with E-state index < -0.39 is 5.91 Å². The highest BCUT2D eigenvalue weighted by Gasteiger charge is 2.27. The van der Waals surface area contributed by atoms with E-state index in [4.69, 9.17) is 5.73 Å². The summed E-state index contributed by atoms with van der Waals surface area (Å²) in [6.45, 7) is 6.88. The second kappa shape index (κ2) is 10.5. The summed E-state index contributed by atoms with van der Waals surface area (Å²) < 4.78 is 0. The van der Waals surface area contributed by atoms with Gasteiger partial charge in [0.25, 0.3) is 0 Å². The lowest BCUT2D eigenvalue weighted by Crippen LogP contribution is -3.09. The normalized spacial score (nSPS) is 18.3. The first kappa shape index (κ1) is 22.2. The van der Waals surface area contributed by atoms with Crippen molar-refractivity contribution < 1.29 is 14.5 Å². The minimum atomic E-state index is -0.393. The highest BCUT2D eigenvalue weighted by atomic mass is 32.2. The molecule has 0 spiro atoms. The van der Waals surface area contributed by atoms with E-state index in [1.165, 1.54) is 22.2 Å². The van der Waals surface area contributed by atoms with Crippen LogP contribution in [0.25, 0.3) is 0 Å². The molecular formula is C22H30N5O2S+. The van der Waals surface area contributed by atoms with Crippen LogP contribution in [0.5, 0.6) is 0 Å². The van der Waals surface area contributed by atoms with Gasteiger partial charge in [0.2, 0.25) is 11.8 Å². The molecule has 7 nitrogen and oxygen atoms in total. The molecule has 1 aromatic heterocycles. The van der Waals surface area contributed by atoms with Crippen LogP contribution in [-0.4, -0.2) is 46.7 Å². The number of quaternary nitrogens is 1. The van der Waals surface area contributed by atoms with Crippen LogP contribution >= 0.6 is 11.8 Å². The van der Waals surface area contributed by atoms with Crippen molar-refractivity contribution in [1.29, 1.82) is 0 Å². The quantitative estimate of drug-likeness (QED) is 0.400. The summed E-state index contributed by atoms with van der Waals surface area (Å²) in [7, 11) is 0. The van der Waals surface area contributed by atoms with Gasteiger partial charge < -0.3 is 16.0 Å². The summed E-state index contributed by atoms with van der Waals surface area (Å²) in [6.07, 6.45) is 2.04. The van der Waals surface area contributed by atoms with E-state index >= 15 is 0 Å². The molecule has 1 aromatic carbocycles. The van der Waals surface area contributed by atoms with E-state index in [1.54, 1.807) is 0 Å². The molecule has 0 radical (unpaired) electrons. The maximum atomic E-state index is 12.5. The van der Waals surface area contributed by atoms with Gasteiger partial charge in [0, 0.05) is 29.8 Å². The second-order valence-corrected chi connectivity index (χ2v) is 8.77. The fourth-order valence-corrected chi connectivity index (χ4v) is 4.58. The molecule has 8 heteroatoms. The van der Waals surface area contributed by atoms with Gasteiger partial charge in [-0.1, -0.05) is 42.1 Å². The maximum Gasteiger partial charge on any atom is 0.227 e. The Balaban J connectivity index is 1.46. The zero-order valence-electron chi connectivity index (χ0n) is 17.6. The number of hydrogen-bond acceptors (Lipinski definition) is 5. The van der Waals surface area contributed by atoms with Gasteiger partial charge in [-0.25, -0.2) is 9.97 Å². The summed E-state index contributed by atoms with van der Waals surface area (Å²) in [5.74, 6) is -0.159. The van der Waals surface area contributed by atoms with Crippen molar-refractivity contribution in [3.05, 3.63) is 52.8 Å². The van der Waals surface area contributed by atoms with Gasteiger partial charge in [-0.3, -0.25) is 9.59 Å². The molecule has 0 bridgehead atoms. The Morgan fingerprint density at radius 2 is 1.90 bits per heavy atom. The van der Waals surface area contributed by atoms with Crippen LogP contribution in [0.15, 0.2) is 35.5 Å². The van der Waals surface area contributed by atoms with Crippen molar-refractivity contribution in [2.75, 3.05) is 18.8 Å². The topological polar surface area (TPSA) is 102 Å². The van der Waals surface area contributed by atoms with Crippen LogP contribution in [0.2, 0.25) is 0 Å². The molecule has 0 aliphatic carbocycles. The molecular weight excluding hydrogens is 398 g/mol. The van der Waals surface area contributed by atoms with Crippen LogP contribution in [0.3, 0.4) is 0 Å². The first-order valence-corrected chi connectivity index (χ1v) is 11.3. The number of thioether (sulfide) groups is 1. The summed E-state index contributed by atoms with van der Waals surface area (Å²) in [5.41, 5.74) is 9.21. The molecule has 1 unspecified atom stereocenters. The predicted molar refractivity (Wildman–Crippen MR) is 117 cm³/mol. The van der Waals surface area contributed by atoms with Gasteiger partial charge in [-0.05, 0) is 25.8 Å². The number of aryl methyl sites for hydroxylation is 2. The lowest BCUT2D eigenvalue weighted by atomic mass is 10.1. The van der Waals surface area contributed by atoms with Crippen molar-refractivity contribution in [3.8, 4) is 0 Å². The van der Waals surface area contributed by atoms with E-state index in [1.807, 2.05) is 19.9 Å². The first-order chi connectivity index (χ1) is 14.4. The molecule has 1 saturated heterocycles. The second-order valence-electron chi connectivity index (χ2n) is 7.83. The number of carbonyl (C=O) groups excluding carboxylic acids is 2. The van der Waals surface area contributed by atoms with Gasteiger partial charge >= 0.3 is 0 Å². The Hall–Kier alpha value is -2.45. The number of aromatic nitrogens is 2. The average Bonchev–Trinajstić information content (AvgIpc) is 3.13. The maximum absolute atomic E-state index is 12.5. The van der Waals surface area contributed by atoms with Gasteiger partial charge in [-0.15, -0.1) is 0 Å². The molecule has 0 saturated carbocycles. The number of nitrogens with two attached hydrogens (primary N) is 1. The number of carbonyl (C=O) groups is 2. The molecule has 4 N–H and O–H groups in total. The number of benzene rings is 1. The molecule has 3 rings (SSSR count). The molecule has 160 valence electrons. The van der Waals surface area contributed by atoms with E-state index in [9.17, 15) is 9.59 Å². The molecule has 2 amide bonds. The molecule has 2 heterocycles. The van der Waals surface area contributed by atoms with Gasteiger partial charge in [0.15, 0.2) is 5.16 Å². The Labute approximate surface area is 181 Å². The first-order valence-electron chi connectivity index (χ1n) is 10.3. The van der Waals surface area contributed by atoms with Crippen molar-refractivity contribution in [2.24, 2.45) is 5.73 Å². The zero-order valence-corrected chi connectivity index (χ0v) is 18.4. The van der Waals surface area contributed by atoms with Crippen molar-refractivity contribution >= 4 is 23.6 Å². The minimum Gasteiger partial charge on any atom is -0.369 e. The van der Waals surface area contributed by atoms with Crippen LogP contribution in [0.1, 0.15) is 35.4 Å². The standard InChI is InChI=1S/C22H29N5O2S/c1-15-19(16(2)25-22(24-15)30-14-20(23)28)8-9-21(29)26-18-10-11-27(13-18)12-17-6-4-3-5-7-17/h3-7,18H,8-14H2,1-2H3,(H2,23,28)(H,26,29)/p+1/t18-/m0/s1. The third-order valence-electron chi connectivity index (χ3n) is 5.39. The number of primary amides is 1. The molecule has 2 atom stereocenters. The fraction of sp³-hybridized carbons (Fsp3) is 0.455. The van der Waals surface area contributed by atoms with Crippen LogP contribution in [0, 0.1) is 13.8 Å². The van der Waals surface area contributed by atoms with Crippen molar-refractivity contribution in [1.82, 2.24) is 15.3 Å².